The van der Waals surface area contributed by atoms with Gasteiger partial charge in [-0.15, -0.1) is 0 Å². The molecule has 1 atom stereocenters. The number of nitrogens with one attached hydrogen (secondary N) is 1. The quantitative estimate of drug-likeness (QED) is 0.771. The Bertz CT molecular complexity index is 992. The van der Waals surface area contributed by atoms with Gasteiger partial charge in [0.25, 0.3) is 11.3 Å². The van der Waals surface area contributed by atoms with Gasteiger partial charge in [0.1, 0.15) is 17.3 Å². The second-order valence-corrected chi connectivity index (χ2v) is 6.14. The van der Waals surface area contributed by atoms with Crippen molar-refractivity contribution < 1.29 is 9.32 Å². The number of hydrogen-bond donors (Lipinski definition) is 1. The third kappa shape index (κ3) is 3.15. The minimum Gasteiger partial charge on any atom is -0.335 e. The molecule has 0 saturated heterocycles. The first-order valence-electron chi connectivity index (χ1n) is 7.84. The van der Waals surface area contributed by atoms with Crippen molar-refractivity contribution in [2.45, 2.75) is 33.2 Å². The van der Waals surface area contributed by atoms with Crippen LogP contribution in [-0.2, 0) is 4.79 Å². The molecule has 0 fully saturated rings. The van der Waals surface area contributed by atoms with Crippen LogP contribution in [0.15, 0.2) is 33.6 Å². The Morgan fingerprint density at radius 1 is 1.32 bits per heavy atom. The number of benzene rings is 1. The van der Waals surface area contributed by atoms with E-state index in [9.17, 15) is 9.59 Å². The number of nitrogens with zero attached hydrogens (tertiary/aromatic N) is 3. The molecule has 0 aliphatic heterocycles. The van der Waals surface area contributed by atoms with Crippen molar-refractivity contribution in [3.63, 3.8) is 0 Å². The normalized spacial score (nSPS) is 12.3. The van der Waals surface area contributed by atoms with Gasteiger partial charge in [-0.1, -0.05) is 23.7 Å². The van der Waals surface area contributed by atoms with Gasteiger partial charge in [-0.2, -0.15) is 4.98 Å². The molecule has 3 aromatic rings. The number of carbonyl (C=O) groups is 1. The molecule has 130 valence electrons. The summed E-state index contributed by atoms with van der Waals surface area (Å²) in [6, 6.07) is 6.07. The lowest BCUT2D eigenvalue weighted by molar-refractivity contribution is -0.119. The number of hydrogen-bond acceptors (Lipinski definition) is 5. The van der Waals surface area contributed by atoms with Crippen LogP contribution in [0.2, 0.25) is 5.02 Å². The summed E-state index contributed by atoms with van der Waals surface area (Å²) in [5.74, 6) is 0.0945. The Hall–Kier alpha value is -2.67. The summed E-state index contributed by atoms with van der Waals surface area (Å²) in [6.45, 7) is 5.17. The Kier molecular flexibility index (Phi) is 4.59. The van der Waals surface area contributed by atoms with Crippen LogP contribution in [0, 0.1) is 13.8 Å². The van der Waals surface area contributed by atoms with Crippen LogP contribution in [0.4, 0.5) is 5.69 Å². The number of aromatic nitrogens is 3. The van der Waals surface area contributed by atoms with Gasteiger partial charge in [0.2, 0.25) is 5.91 Å². The first-order valence-corrected chi connectivity index (χ1v) is 8.21. The molecule has 0 bridgehead atoms. The SMILES string of the molecule is CCC(C(=O)Nc1ccc(Cl)cc1)n1c(C)nc2onc(C)c2c1=O. The fraction of sp³-hybridized carbons (Fsp3) is 0.294. The van der Waals surface area contributed by atoms with E-state index in [1.54, 1.807) is 38.1 Å². The van der Waals surface area contributed by atoms with Gasteiger partial charge >= 0.3 is 0 Å². The van der Waals surface area contributed by atoms with Crippen LogP contribution in [0.1, 0.15) is 30.9 Å². The zero-order valence-corrected chi connectivity index (χ0v) is 14.8. The predicted octanol–water partition coefficient (Wildman–Crippen LogP) is 3.24. The highest BCUT2D eigenvalue weighted by atomic mass is 35.5. The maximum absolute atomic E-state index is 12.9. The van der Waals surface area contributed by atoms with Crippen LogP contribution >= 0.6 is 11.6 Å². The third-order valence-corrected chi connectivity index (χ3v) is 4.25. The summed E-state index contributed by atoms with van der Waals surface area (Å²) in [5.41, 5.74) is 0.909. The Balaban J connectivity index is 2.01. The van der Waals surface area contributed by atoms with Gasteiger partial charge in [0, 0.05) is 10.7 Å². The monoisotopic (exact) mass is 360 g/mol. The van der Waals surface area contributed by atoms with Gasteiger partial charge in [-0.05, 0) is 44.5 Å². The molecule has 0 aliphatic rings. The smallest absolute Gasteiger partial charge is 0.267 e. The summed E-state index contributed by atoms with van der Waals surface area (Å²) in [7, 11) is 0. The van der Waals surface area contributed by atoms with Crippen molar-refractivity contribution in [2.24, 2.45) is 0 Å². The Morgan fingerprint density at radius 2 is 2.00 bits per heavy atom. The second kappa shape index (κ2) is 6.68. The molecule has 1 unspecified atom stereocenters. The van der Waals surface area contributed by atoms with Crippen molar-refractivity contribution in [3.05, 3.63) is 51.2 Å². The Morgan fingerprint density at radius 3 is 2.64 bits per heavy atom. The summed E-state index contributed by atoms with van der Waals surface area (Å²) in [5, 5.41) is 7.46. The summed E-state index contributed by atoms with van der Waals surface area (Å²) in [6.07, 6.45) is 0.428. The average molecular weight is 361 g/mol. The molecule has 0 spiro atoms. The molecule has 1 amide bonds. The fourth-order valence-electron chi connectivity index (χ4n) is 2.76. The topological polar surface area (TPSA) is 90.0 Å². The summed E-state index contributed by atoms with van der Waals surface area (Å²) < 4.78 is 6.45. The minimum absolute atomic E-state index is 0.184. The molecule has 1 aromatic carbocycles. The van der Waals surface area contributed by atoms with Gasteiger partial charge in [-0.25, -0.2) is 0 Å². The zero-order chi connectivity index (χ0) is 18.1. The lowest BCUT2D eigenvalue weighted by atomic mass is 10.1. The van der Waals surface area contributed by atoms with Gasteiger partial charge in [0.15, 0.2) is 0 Å². The standard InChI is InChI=1S/C17H17ClN4O3/c1-4-13(15(23)20-12-7-5-11(18)6-8-12)22-10(3)19-16-14(17(22)24)9(2)21-25-16/h5-8,13H,4H2,1-3H3,(H,20,23). The van der Waals surface area contributed by atoms with Gasteiger partial charge in [0.05, 0.1) is 5.69 Å². The first kappa shape index (κ1) is 17.2. The van der Waals surface area contributed by atoms with E-state index in [0.717, 1.165) is 0 Å². The second-order valence-electron chi connectivity index (χ2n) is 5.70. The largest absolute Gasteiger partial charge is 0.335 e. The number of amides is 1. The Labute approximate surface area is 148 Å². The van der Waals surface area contributed by atoms with E-state index in [0.29, 0.717) is 34.0 Å². The highest BCUT2D eigenvalue weighted by molar-refractivity contribution is 6.30. The molecule has 0 aliphatic carbocycles. The van der Waals surface area contributed by atoms with E-state index in [1.165, 1.54) is 4.57 Å². The van der Waals surface area contributed by atoms with Crippen molar-refractivity contribution >= 4 is 34.3 Å². The van der Waals surface area contributed by atoms with E-state index in [4.69, 9.17) is 16.1 Å². The van der Waals surface area contributed by atoms with Crippen molar-refractivity contribution in [3.8, 4) is 0 Å². The van der Waals surface area contributed by atoms with E-state index in [-0.39, 0.29) is 17.2 Å². The van der Waals surface area contributed by atoms with Crippen molar-refractivity contribution in [1.29, 1.82) is 0 Å². The van der Waals surface area contributed by atoms with E-state index in [1.807, 2.05) is 6.92 Å². The molecule has 2 heterocycles. The third-order valence-electron chi connectivity index (χ3n) is 4.00. The van der Waals surface area contributed by atoms with E-state index in [2.05, 4.69) is 15.5 Å². The van der Waals surface area contributed by atoms with Crippen LogP contribution < -0.4 is 10.9 Å². The molecule has 3 rings (SSSR count). The van der Waals surface area contributed by atoms with Crippen LogP contribution in [0.25, 0.3) is 11.1 Å². The average Bonchev–Trinajstić information content (AvgIpc) is 2.94. The number of carbonyl (C=O) groups excluding carboxylic acids is 1. The number of rotatable bonds is 4. The molecule has 2 aromatic heterocycles. The molecular weight excluding hydrogens is 344 g/mol. The molecule has 25 heavy (non-hydrogen) atoms. The lowest BCUT2D eigenvalue weighted by Gasteiger charge is -2.19. The molecule has 7 nitrogen and oxygen atoms in total. The fourth-order valence-corrected chi connectivity index (χ4v) is 2.89. The molecule has 8 heteroatoms. The molecule has 0 radical (unpaired) electrons. The maximum atomic E-state index is 12.9. The zero-order valence-electron chi connectivity index (χ0n) is 14.0. The summed E-state index contributed by atoms with van der Waals surface area (Å²) >= 11 is 5.85. The summed E-state index contributed by atoms with van der Waals surface area (Å²) in [4.78, 5) is 29.8. The predicted molar refractivity (Wildman–Crippen MR) is 94.9 cm³/mol. The number of anilines is 1. The highest BCUT2D eigenvalue weighted by Crippen LogP contribution is 2.19. The van der Waals surface area contributed by atoms with Crippen molar-refractivity contribution in [2.75, 3.05) is 5.32 Å². The number of aryl methyl sites for hydroxylation is 2. The first-order chi connectivity index (χ1) is 11.9. The van der Waals surface area contributed by atoms with Crippen LogP contribution in [0.5, 0.6) is 0 Å². The molecular formula is C17H17ClN4O3. The van der Waals surface area contributed by atoms with Crippen LogP contribution in [0.3, 0.4) is 0 Å². The highest BCUT2D eigenvalue weighted by Gasteiger charge is 2.25. The van der Waals surface area contributed by atoms with Gasteiger partial charge in [-0.3, -0.25) is 14.2 Å². The van der Waals surface area contributed by atoms with Crippen LogP contribution in [-0.4, -0.2) is 20.6 Å². The molecule has 1 N–H and O–H groups in total. The minimum atomic E-state index is -0.700. The lowest BCUT2D eigenvalue weighted by Crippen LogP contribution is -2.35. The number of halogens is 1. The molecule has 0 saturated carbocycles. The number of fused-ring (bicyclic) bond motifs is 1. The van der Waals surface area contributed by atoms with E-state index >= 15 is 0 Å². The van der Waals surface area contributed by atoms with Crippen molar-refractivity contribution in [1.82, 2.24) is 14.7 Å². The maximum Gasteiger partial charge on any atom is 0.267 e. The van der Waals surface area contributed by atoms with E-state index < -0.39 is 6.04 Å². The van der Waals surface area contributed by atoms with Gasteiger partial charge < -0.3 is 9.84 Å².